The van der Waals surface area contributed by atoms with Crippen LogP contribution in [0.1, 0.15) is 43.7 Å². The van der Waals surface area contributed by atoms with E-state index in [1.807, 2.05) is 18.5 Å². The van der Waals surface area contributed by atoms with Gasteiger partial charge in [0.1, 0.15) is 12.0 Å². The molecule has 0 bridgehead atoms. The van der Waals surface area contributed by atoms with Gasteiger partial charge in [0.05, 0.1) is 17.7 Å². The summed E-state index contributed by atoms with van der Waals surface area (Å²) in [7, 11) is 0. The molecular formula is C17H20N6. The topological polar surface area (TPSA) is 81.0 Å². The van der Waals surface area contributed by atoms with Crippen molar-refractivity contribution >= 4 is 17.2 Å². The fourth-order valence-corrected chi connectivity index (χ4v) is 3.90. The first-order valence-electron chi connectivity index (χ1n) is 8.31. The van der Waals surface area contributed by atoms with Crippen LogP contribution in [0.2, 0.25) is 0 Å². The zero-order valence-corrected chi connectivity index (χ0v) is 13.0. The van der Waals surface area contributed by atoms with Crippen molar-refractivity contribution in [3.05, 3.63) is 24.3 Å². The van der Waals surface area contributed by atoms with Gasteiger partial charge in [-0.2, -0.15) is 10.4 Å². The van der Waals surface area contributed by atoms with Crippen LogP contribution in [0, 0.1) is 17.2 Å². The highest BCUT2D eigenvalue weighted by atomic mass is 15.5. The van der Waals surface area contributed by atoms with Crippen LogP contribution in [0.4, 0.5) is 0 Å². The summed E-state index contributed by atoms with van der Waals surface area (Å²) in [5.74, 6) is 0.746. The van der Waals surface area contributed by atoms with E-state index in [-0.39, 0.29) is 5.92 Å². The van der Waals surface area contributed by atoms with Gasteiger partial charge in [0.2, 0.25) is 0 Å². The number of aromatic amines is 1. The Morgan fingerprint density at radius 3 is 3.22 bits per heavy atom. The Morgan fingerprint density at radius 2 is 2.30 bits per heavy atom. The van der Waals surface area contributed by atoms with Crippen LogP contribution in [-0.4, -0.2) is 38.8 Å². The number of aromatic nitrogens is 3. The highest BCUT2D eigenvalue weighted by Gasteiger charge is 2.31. The molecule has 1 aliphatic carbocycles. The van der Waals surface area contributed by atoms with Gasteiger partial charge in [-0.25, -0.2) is 9.97 Å². The van der Waals surface area contributed by atoms with E-state index >= 15 is 0 Å². The van der Waals surface area contributed by atoms with Gasteiger partial charge >= 0.3 is 0 Å². The molecule has 3 atom stereocenters. The van der Waals surface area contributed by atoms with Gasteiger partial charge in [0.25, 0.3) is 0 Å². The van der Waals surface area contributed by atoms with Gasteiger partial charge in [-0.3, -0.25) is 5.01 Å². The molecule has 1 N–H and O–H groups in total. The van der Waals surface area contributed by atoms with Crippen molar-refractivity contribution in [1.82, 2.24) is 20.0 Å². The molecule has 0 saturated heterocycles. The fraction of sp³-hybridized carbons (Fsp3) is 0.529. The summed E-state index contributed by atoms with van der Waals surface area (Å²) in [5, 5.41) is 16.9. The predicted molar refractivity (Wildman–Crippen MR) is 87.8 cm³/mol. The number of nitrogens with one attached hydrogen (secondary N) is 1. The van der Waals surface area contributed by atoms with Gasteiger partial charge in [-0.15, -0.1) is 0 Å². The van der Waals surface area contributed by atoms with Crippen LogP contribution in [0.25, 0.3) is 11.0 Å². The first-order chi connectivity index (χ1) is 11.3. The summed E-state index contributed by atoms with van der Waals surface area (Å²) in [6, 6.07) is 4.82. The Kier molecular flexibility index (Phi) is 3.70. The van der Waals surface area contributed by atoms with Crippen molar-refractivity contribution in [3.63, 3.8) is 0 Å². The van der Waals surface area contributed by atoms with Crippen LogP contribution in [0.3, 0.4) is 0 Å². The number of H-pyrrole nitrogens is 1. The van der Waals surface area contributed by atoms with Crippen molar-refractivity contribution in [2.75, 3.05) is 6.54 Å². The number of nitriles is 1. The summed E-state index contributed by atoms with van der Waals surface area (Å²) in [4.78, 5) is 11.9. The summed E-state index contributed by atoms with van der Waals surface area (Å²) >= 11 is 0. The molecular weight excluding hydrogens is 288 g/mol. The van der Waals surface area contributed by atoms with Gasteiger partial charge in [-0.05, 0) is 31.2 Å². The lowest BCUT2D eigenvalue weighted by Gasteiger charge is -2.33. The van der Waals surface area contributed by atoms with E-state index in [4.69, 9.17) is 5.26 Å². The fourth-order valence-electron chi connectivity index (χ4n) is 3.90. The Morgan fingerprint density at radius 1 is 1.35 bits per heavy atom. The highest BCUT2D eigenvalue weighted by Crippen LogP contribution is 2.33. The van der Waals surface area contributed by atoms with Crippen LogP contribution < -0.4 is 0 Å². The largest absolute Gasteiger partial charge is 0.346 e. The van der Waals surface area contributed by atoms with Crippen LogP contribution in [0.5, 0.6) is 0 Å². The molecule has 6 heteroatoms. The average molecular weight is 308 g/mol. The molecule has 0 spiro atoms. The molecule has 118 valence electrons. The molecule has 0 radical (unpaired) electrons. The van der Waals surface area contributed by atoms with Crippen LogP contribution >= 0.6 is 0 Å². The lowest BCUT2D eigenvalue weighted by molar-refractivity contribution is 0.145. The summed E-state index contributed by atoms with van der Waals surface area (Å²) in [5.41, 5.74) is 1.93. The van der Waals surface area contributed by atoms with Crippen molar-refractivity contribution in [3.8, 4) is 6.07 Å². The summed E-state index contributed by atoms with van der Waals surface area (Å²) in [6.07, 6.45) is 10.9. The summed E-state index contributed by atoms with van der Waals surface area (Å²) < 4.78 is 0. The number of hydrogen-bond donors (Lipinski definition) is 1. The third kappa shape index (κ3) is 2.67. The highest BCUT2D eigenvalue weighted by molar-refractivity contribution is 5.83. The normalized spacial score (nSPS) is 27.4. The number of hydrogen-bond acceptors (Lipinski definition) is 5. The predicted octanol–water partition coefficient (Wildman–Crippen LogP) is 2.82. The minimum absolute atomic E-state index is 0.215. The van der Waals surface area contributed by atoms with E-state index < -0.39 is 0 Å². The third-order valence-electron chi connectivity index (χ3n) is 5.07. The molecule has 2 aliphatic rings. The van der Waals surface area contributed by atoms with Crippen molar-refractivity contribution in [1.29, 1.82) is 5.26 Å². The molecule has 1 aliphatic heterocycles. The lowest BCUT2D eigenvalue weighted by atomic mass is 9.83. The third-order valence-corrected chi connectivity index (χ3v) is 5.07. The first kappa shape index (κ1) is 14.2. The van der Waals surface area contributed by atoms with Gasteiger partial charge in [-0.1, -0.05) is 6.42 Å². The second-order valence-corrected chi connectivity index (χ2v) is 6.54. The van der Waals surface area contributed by atoms with Crippen molar-refractivity contribution < 1.29 is 0 Å². The number of rotatable bonds is 3. The molecule has 2 aromatic rings. The van der Waals surface area contributed by atoms with Gasteiger partial charge in [0.15, 0.2) is 0 Å². The first-order valence-corrected chi connectivity index (χ1v) is 8.31. The Bertz CT molecular complexity index is 758. The molecule has 0 amide bonds. The van der Waals surface area contributed by atoms with Gasteiger partial charge < -0.3 is 4.98 Å². The minimum atomic E-state index is 0.215. The molecule has 3 unspecified atom stereocenters. The average Bonchev–Trinajstić information content (AvgIpc) is 3.24. The maximum Gasteiger partial charge on any atom is 0.140 e. The Labute approximate surface area is 135 Å². The molecule has 0 aromatic carbocycles. The number of hydrazone groups is 1. The molecule has 3 heterocycles. The van der Waals surface area contributed by atoms with E-state index in [1.54, 1.807) is 6.33 Å². The lowest BCUT2D eigenvalue weighted by Crippen LogP contribution is -2.35. The maximum absolute atomic E-state index is 8.93. The molecule has 1 fully saturated rings. The van der Waals surface area contributed by atoms with E-state index in [9.17, 15) is 0 Å². The number of nitrogens with zero attached hydrogens (tertiary/aromatic N) is 5. The van der Waals surface area contributed by atoms with E-state index in [0.717, 1.165) is 29.7 Å². The van der Waals surface area contributed by atoms with E-state index in [1.165, 1.54) is 19.3 Å². The van der Waals surface area contributed by atoms with Crippen molar-refractivity contribution in [2.45, 2.75) is 44.1 Å². The minimum Gasteiger partial charge on any atom is -0.346 e. The van der Waals surface area contributed by atoms with Crippen LogP contribution in [-0.2, 0) is 0 Å². The zero-order chi connectivity index (χ0) is 15.6. The van der Waals surface area contributed by atoms with Gasteiger partial charge in [0, 0.05) is 36.8 Å². The number of fused-ring (bicyclic) bond motifs is 1. The van der Waals surface area contributed by atoms with E-state index in [2.05, 4.69) is 31.1 Å². The molecule has 2 aromatic heterocycles. The van der Waals surface area contributed by atoms with Crippen molar-refractivity contribution in [2.24, 2.45) is 11.0 Å². The van der Waals surface area contributed by atoms with E-state index in [0.29, 0.717) is 18.4 Å². The second-order valence-electron chi connectivity index (χ2n) is 6.54. The monoisotopic (exact) mass is 308 g/mol. The van der Waals surface area contributed by atoms with Crippen LogP contribution in [0.15, 0.2) is 23.7 Å². The second kappa shape index (κ2) is 5.99. The molecule has 4 rings (SSSR count). The molecule has 6 nitrogen and oxygen atoms in total. The smallest absolute Gasteiger partial charge is 0.140 e. The zero-order valence-electron chi connectivity index (χ0n) is 13.0. The SMILES string of the molecule is N#CCC1CCCC(N2CC(c3ncnc4[nH]ccc34)C=N2)C1. The Hall–Kier alpha value is -2.42. The Balaban J connectivity index is 1.48. The molecule has 23 heavy (non-hydrogen) atoms. The summed E-state index contributed by atoms with van der Waals surface area (Å²) in [6.45, 7) is 0.876. The standard InChI is InChI=1S/C17H20N6/c18-6-4-12-2-1-3-14(8-12)23-10-13(9-22-23)16-15-5-7-19-17(15)21-11-20-16/h5,7,9,11-14H,1-4,8,10H2,(H,19,20,21). The molecule has 1 saturated carbocycles. The maximum atomic E-state index is 8.93. The quantitative estimate of drug-likeness (QED) is 0.945.